The molecule has 0 bridgehead atoms. The van der Waals surface area contributed by atoms with Gasteiger partial charge < -0.3 is 10.2 Å². The fourth-order valence-electron chi connectivity index (χ4n) is 2.40. The first-order valence-electron chi connectivity index (χ1n) is 7.86. The van der Waals surface area contributed by atoms with Crippen LogP contribution in [0, 0.1) is 0 Å². The third kappa shape index (κ3) is 3.70. The Kier molecular flexibility index (Phi) is 4.66. The van der Waals surface area contributed by atoms with E-state index in [0.717, 1.165) is 5.56 Å². The average Bonchev–Trinajstić information content (AvgIpc) is 3.06. The topological polar surface area (TPSA) is 92.4 Å². The highest BCUT2D eigenvalue weighted by molar-refractivity contribution is 6.07. The van der Waals surface area contributed by atoms with Crippen molar-refractivity contribution in [2.75, 3.05) is 0 Å². The third-order valence-electron chi connectivity index (χ3n) is 3.69. The SMILES string of the molecule is CC(=O)/C=C\C(=O)c1cc(-c2ccc(O)cc2)nn1-c1ccc(O)cc1. The molecule has 6 nitrogen and oxygen atoms in total. The van der Waals surface area contributed by atoms with Crippen molar-refractivity contribution in [1.82, 2.24) is 9.78 Å². The summed E-state index contributed by atoms with van der Waals surface area (Å²) in [7, 11) is 0. The molecule has 26 heavy (non-hydrogen) atoms. The minimum absolute atomic E-state index is 0.101. The zero-order valence-electron chi connectivity index (χ0n) is 14.0. The molecular formula is C20H16N2O4. The lowest BCUT2D eigenvalue weighted by Crippen LogP contribution is -2.07. The van der Waals surface area contributed by atoms with Crippen LogP contribution >= 0.6 is 0 Å². The lowest BCUT2D eigenvalue weighted by atomic mass is 10.1. The second-order valence-electron chi connectivity index (χ2n) is 5.70. The fraction of sp³-hybridized carbons (Fsp3) is 0.0500. The van der Waals surface area contributed by atoms with Crippen LogP contribution in [0.3, 0.4) is 0 Å². The molecule has 2 N–H and O–H groups in total. The van der Waals surface area contributed by atoms with Crippen LogP contribution in [-0.2, 0) is 4.79 Å². The van der Waals surface area contributed by atoms with Crippen molar-refractivity contribution in [3.8, 4) is 28.4 Å². The van der Waals surface area contributed by atoms with E-state index in [9.17, 15) is 19.8 Å². The van der Waals surface area contributed by atoms with E-state index in [4.69, 9.17) is 0 Å². The Labute approximate surface area is 149 Å². The standard InChI is InChI=1S/C20H16N2O4/c1-13(23)2-11-20(26)19-12-18(14-3-7-16(24)8-4-14)21-22(19)15-5-9-17(25)10-6-15/h2-12,24-25H,1H3/b11-2-. The molecule has 0 atom stereocenters. The van der Waals surface area contributed by atoms with Gasteiger partial charge in [0, 0.05) is 5.56 Å². The number of rotatable bonds is 5. The second-order valence-corrected chi connectivity index (χ2v) is 5.70. The van der Waals surface area contributed by atoms with Gasteiger partial charge in [-0.15, -0.1) is 0 Å². The van der Waals surface area contributed by atoms with Crippen molar-refractivity contribution in [3.63, 3.8) is 0 Å². The van der Waals surface area contributed by atoms with E-state index in [1.54, 1.807) is 30.3 Å². The summed E-state index contributed by atoms with van der Waals surface area (Å²) in [5.74, 6) is -0.366. The Hall–Kier alpha value is -3.67. The van der Waals surface area contributed by atoms with E-state index in [1.165, 1.54) is 48.0 Å². The first-order valence-corrected chi connectivity index (χ1v) is 7.86. The Morgan fingerprint density at radius 1 is 0.923 bits per heavy atom. The Morgan fingerprint density at radius 3 is 2.08 bits per heavy atom. The number of carbonyl (C=O) groups excluding carboxylic acids is 2. The molecule has 0 aliphatic heterocycles. The average molecular weight is 348 g/mol. The smallest absolute Gasteiger partial charge is 0.204 e. The van der Waals surface area contributed by atoms with Crippen molar-refractivity contribution in [1.29, 1.82) is 0 Å². The predicted molar refractivity (Wildman–Crippen MR) is 96.5 cm³/mol. The predicted octanol–water partition coefficient (Wildman–Crippen LogP) is 3.28. The molecule has 0 fully saturated rings. The van der Waals surface area contributed by atoms with Crippen LogP contribution in [0.5, 0.6) is 11.5 Å². The summed E-state index contributed by atoms with van der Waals surface area (Å²) in [6.07, 6.45) is 2.41. The van der Waals surface area contributed by atoms with Gasteiger partial charge in [-0.2, -0.15) is 5.10 Å². The lowest BCUT2D eigenvalue weighted by molar-refractivity contribution is -0.112. The fourth-order valence-corrected chi connectivity index (χ4v) is 2.40. The van der Waals surface area contributed by atoms with Gasteiger partial charge in [0.15, 0.2) is 5.78 Å². The molecule has 0 aliphatic carbocycles. The number of nitrogens with zero attached hydrogens (tertiary/aromatic N) is 2. The summed E-state index contributed by atoms with van der Waals surface area (Å²) in [5, 5.41) is 23.4. The van der Waals surface area contributed by atoms with Crippen LogP contribution in [0.25, 0.3) is 16.9 Å². The van der Waals surface area contributed by atoms with E-state index in [0.29, 0.717) is 11.4 Å². The Balaban J connectivity index is 2.10. The molecule has 1 heterocycles. The van der Waals surface area contributed by atoms with E-state index < -0.39 is 0 Å². The van der Waals surface area contributed by atoms with Gasteiger partial charge in [0.2, 0.25) is 5.78 Å². The maximum absolute atomic E-state index is 12.5. The molecular weight excluding hydrogens is 332 g/mol. The normalized spacial score (nSPS) is 11.0. The van der Waals surface area contributed by atoms with Crippen LogP contribution in [0.2, 0.25) is 0 Å². The maximum atomic E-state index is 12.5. The number of carbonyl (C=O) groups is 2. The van der Waals surface area contributed by atoms with E-state index >= 15 is 0 Å². The molecule has 0 saturated carbocycles. The molecule has 0 spiro atoms. The highest BCUT2D eigenvalue weighted by Gasteiger charge is 2.16. The van der Waals surface area contributed by atoms with Crippen LogP contribution in [0.15, 0.2) is 66.7 Å². The van der Waals surface area contributed by atoms with E-state index in [2.05, 4.69) is 5.10 Å². The molecule has 3 rings (SSSR count). The molecule has 0 unspecified atom stereocenters. The van der Waals surface area contributed by atoms with E-state index in [-0.39, 0.29) is 28.8 Å². The summed E-state index contributed by atoms with van der Waals surface area (Å²) in [5.41, 5.74) is 2.13. The quantitative estimate of drug-likeness (QED) is 0.545. The maximum Gasteiger partial charge on any atom is 0.204 e. The van der Waals surface area contributed by atoms with Crippen molar-refractivity contribution in [3.05, 3.63) is 72.4 Å². The number of hydrogen-bond acceptors (Lipinski definition) is 5. The van der Waals surface area contributed by atoms with Crippen molar-refractivity contribution in [2.24, 2.45) is 0 Å². The number of benzene rings is 2. The van der Waals surface area contributed by atoms with Gasteiger partial charge in [-0.25, -0.2) is 4.68 Å². The Morgan fingerprint density at radius 2 is 1.50 bits per heavy atom. The molecule has 0 aliphatic rings. The zero-order valence-corrected chi connectivity index (χ0v) is 14.0. The number of aromatic hydroxyl groups is 2. The molecule has 0 saturated heterocycles. The second kappa shape index (κ2) is 7.06. The number of ketones is 2. The van der Waals surface area contributed by atoms with Gasteiger partial charge in [0.25, 0.3) is 0 Å². The van der Waals surface area contributed by atoms with Gasteiger partial charge in [0.1, 0.15) is 17.2 Å². The summed E-state index contributed by atoms with van der Waals surface area (Å²) >= 11 is 0. The molecule has 130 valence electrons. The number of phenolic OH excluding ortho intramolecular Hbond substituents is 2. The summed E-state index contributed by atoms with van der Waals surface area (Å²) in [6.45, 7) is 1.36. The minimum atomic E-state index is -0.370. The highest BCUT2D eigenvalue weighted by atomic mass is 16.3. The zero-order chi connectivity index (χ0) is 18.7. The third-order valence-corrected chi connectivity index (χ3v) is 3.69. The minimum Gasteiger partial charge on any atom is -0.508 e. The lowest BCUT2D eigenvalue weighted by Gasteiger charge is -2.05. The van der Waals surface area contributed by atoms with Gasteiger partial charge >= 0.3 is 0 Å². The Bertz CT molecular complexity index is 984. The largest absolute Gasteiger partial charge is 0.508 e. The molecule has 0 radical (unpaired) electrons. The number of hydrogen-bond donors (Lipinski definition) is 2. The van der Waals surface area contributed by atoms with Crippen LogP contribution in [-0.4, -0.2) is 31.6 Å². The molecule has 0 amide bonds. The highest BCUT2D eigenvalue weighted by Crippen LogP contribution is 2.24. The van der Waals surface area contributed by atoms with Crippen LogP contribution in [0.1, 0.15) is 17.4 Å². The van der Waals surface area contributed by atoms with Gasteiger partial charge in [-0.3, -0.25) is 9.59 Å². The van der Waals surface area contributed by atoms with E-state index in [1.807, 2.05) is 0 Å². The first kappa shape index (κ1) is 17.2. The molecule has 6 heteroatoms. The first-order chi connectivity index (χ1) is 12.4. The van der Waals surface area contributed by atoms with Crippen molar-refractivity contribution in [2.45, 2.75) is 6.92 Å². The molecule has 1 aromatic heterocycles. The summed E-state index contributed by atoms with van der Waals surface area (Å²) in [6, 6.07) is 14.3. The summed E-state index contributed by atoms with van der Waals surface area (Å²) < 4.78 is 1.45. The van der Waals surface area contributed by atoms with Gasteiger partial charge in [0.05, 0.1) is 11.4 Å². The number of phenols is 2. The molecule has 2 aromatic carbocycles. The van der Waals surface area contributed by atoms with Gasteiger partial charge in [-0.05, 0) is 73.7 Å². The van der Waals surface area contributed by atoms with Gasteiger partial charge in [-0.1, -0.05) is 0 Å². The number of allylic oxidation sites excluding steroid dienone is 2. The number of aromatic nitrogens is 2. The molecule has 3 aromatic rings. The monoisotopic (exact) mass is 348 g/mol. The van der Waals surface area contributed by atoms with Crippen molar-refractivity contribution < 1.29 is 19.8 Å². The van der Waals surface area contributed by atoms with Crippen LogP contribution < -0.4 is 0 Å². The summed E-state index contributed by atoms with van der Waals surface area (Å²) in [4.78, 5) is 23.6. The van der Waals surface area contributed by atoms with Crippen molar-refractivity contribution >= 4 is 11.6 Å². The van der Waals surface area contributed by atoms with Crippen LogP contribution in [0.4, 0.5) is 0 Å².